The standard InChI is InChI=1S/C13H28N4O/c1-10(2)12(18)9-17(11(3)4)8-6-5-7-16-13(14)15/h10-11H,5-9H2,1-4H3,(H4,14,15,16). The molecule has 0 unspecified atom stereocenters. The number of Topliss-reactive ketones (excluding diaryl/α,β-unsaturated/α-hetero) is 1. The van der Waals surface area contributed by atoms with Crippen molar-refractivity contribution in [1.29, 1.82) is 5.41 Å². The van der Waals surface area contributed by atoms with Gasteiger partial charge in [0.05, 0.1) is 6.54 Å². The Morgan fingerprint density at radius 3 is 2.33 bits per heavy atom. The molecule has 0 spiro atoms. The van der Waals surface area contributed by atoms with Gasteiger partial charge >= 0.3 is 0 Å². The smallest absolute Gasteiger partial charge is 0.185 e. The molecular formula is C13H28N4O. The van der Waals surface area contributed by atoms with Gasteiger partial charge in [0.2, 0.25) is 0 Å². The summed E-state index contributed by atoms with van der Waals surface area (Å²) in [5.41, 5.74) is 5.20. The Bertz CT molecular complexity index is 264. The van der Waals surface area contributed by atoms with E-state index >= 15 is 0 Å². The maximum absolute atomic E-state index is 11.7. The molecule has 106 valence electrons. The van der Waals surface area contributed by atoms with Gasteiger partial charge in [-0.25, -0.2) is 0 Å². The predicted octanol–water partition coefficient (Wildman–Crippen LogP) is 1.19. The molecule has 4 N–H and O–H groups in total. The third kappa shape index (κ3) is 8.06. The van der Waals surface area contributed by atoms with Gasteiger partial charge in [-0.1, -0.05) is 13.8 Å². The molecule has 18 heavy (non-hydrogen) atoms. The zero-order valence-electron chi connectivity index (χ0n) is 12.1. The lowest BCUT2D eigenvalue weighted by atomic mass is 10.1. The van der Waals surface area contributed by atoms with Crippen LogP contribution in [0.25, 0.3) is 0 Å². The highest BCUT2D eigenvalue weighted by Gasteiger charge is 2.15. The fourth-order valence-electron chi connectivity index (χ4n) is 1.57. The summed E-state index contributed by atoms with van der Waals surface area (Å²) in [5, 5.41) is 9.82. The second-order valence-corrected chi connectivity index (χ2v) is 5.23. The van der Waals surface area contributed by atoms with Crippen molar-refractivity contribution in [3.8, 4) is 0 Å². The van der Waals surface area contributed by atoms with Crippen LogP contribution >= 0.6 is 0 Å². The third-order valence-corrected chi connectivity index (χ3v) is 2.92. The van der Waals surface area contributed by atoms with Crippen LogP contribution in [0.1, 0.15) is 40.5 Å². The van der Waals surface area contributed by atoms with Crippen LogP contribution in [0, 0.1) is 11.3 Å². The fourth-order valence-corrected chi connectivity index (χ4v) is 1.57. The molecule has 0 saturated carbocycles. The Kier molecular flexibility index (Phi) is 8.37. The number of carbonyl (C=O) groups excluding carboxylic acids is 1. The molecule has 0 rings (SSSR count). The zero-order chi connectivity index (χ0) is 14.1. The predicted molar refractivity (Wildman–Crippen MR) is 75.7 cm³/mol. The largest absolute Gasteiger partial charge is 0.370 e. The van der Waals surface area contributed by atoms with Gasteiger partial charge in [0.15, 0.2) is 5.96 Å². The van der Waals surface area contributed by atoms with Gasteiger partial charge in [-0.15, -0.1) is 0 Å². The molecule has 0 radical (unpaired) electrons. The molecular weight excluding hydrogens is 228 g/mol. The third-order valence-electron chi connectivity index (χ3n) is 2.92. The lowest BCUT2D eigenvalue weighted by molar-refractivity contribution is -0.123. The quantitative estimate of drug-likeness (QED) is 0.329. The summed E-state index contributed by atoms with van der Waals surface area (Å²) in [5.74, 6) is 0.418. The van der Waals surface area contributed by atoms with E-state index in [1.54, 1.807) is 0 Å². The van der Waals surface area contributed by atoms with Gasteiger partial charge in [-0.05, 0) is 33.2 Å². The first-order valence-electron chi connectivity index (χ1n) is 6.69. The topological polar surface area (TPSA) is 82.2 Å². The minimum absolute atomic E-state index is 0.0192. The van der Waals surface area contributed by atoms with Gasteiger partial charge < -0.3 is 11.1 Å². The minimum atomic E-state index is 0.0192. The molecule has 5 heteroatoms. The first-order chi connectivity index (χ1) is 8.34. The van der Waals surface area contributed by atoms with Gasteiger partial charge in [-0.2, -0.15) is 0 Å². The lowest BCUT2D eigenvalue weighted by Gasteiger charge is -2.26. The second kappa shape index (κ2) is 8.91. The van der Waals surface area contributed by atoms with Crippen molar-refractivity contribution in [1.82, 2.24) is 10.2 Å². The molecule has 0 aliphatic heterocycles. The Morgan fingerprint density at radius 2 is 1.89 bits per heavy atom. The number of nitrogens with one attached hydrogen (secondary N) is 2. The van der Waals surface area contributed by atoms with Crippen LogP contribution in [0.5, 0.6) is 0 Å². The summed E-state index contributed by atoms with van der Waals surface area (Å²) in [6.07, 6.45) is 1.96. The zero-order valence-corrected chi connectivity index (χ0v) is 12.1. The molecule has 0 aromatic rings. The normalized spacial score (nSPS) is 11.3. The van der Waals surface area contributed by atoms with Gasteiger partial charge in [0.1, 0.15) is 5.78 Å². The van der Waals surface area contributed by atoms with E-state index in [9.17, 15) is 4.79 Å². The maximum atomic E-state index is 11.7. The van der Waals surface area contributed by atoms with Crippen molar-refractivity contribution in [3.63, 3.8) is 0 Å². The van der Waals surface area contributed by atoms with Crippen LogP contribution in [0.3, 0.4) is 0 Å². The summed E-state index contributed by atoms with van der Waals surface area (Å²) in [4.78, 5) is 13.9. The molecule has 0 amide bonds. The van der Waals surface area contributed by atoms with Crippen LogP contribution in [-0.4, -0.2) is 42.3 Å². The van der Waals surface area contributed by atoms with Crippen molar-refractivity contribution in [2.24, 2.45) is 11.7 Å². The number of nitrogens with two attached hydrogens (primary N) is 1. The Hall–Kier alpha value is -1.10. The van der Waals surface area contributed by atoms with Crippen LogP contribution in [0.2, 0.25) is 0 Å². The van der Waals surface area contributed by atoms with Gasteiger partial charge in [0.25, 0.3) is 0 Å². The number of nitrogens with zero attached hydrogens (tertiary/aromatic N) is 1. The Balaban J connectivity index is 3.91. The molecule has 0 fully saturated rings. The highest BCUT2D eigenvalue weighted by atomic mass is 16.1. The SMILES string of the molecule is CC(C)C(=O)CN(CCCCNC(=N)N)C(C)C. The van der Waals surface area contributed by atoms with E-state index in [1.807, 2.05) is 13.8 Å². The Morgan fingerprint density at radius 1 is 1.28 bits per heavy atom. The van der Waals surface area contributed by atoms with E-state index in [-0.39, 0.29) is 11.9 Å². The van der Waals surface area contributed by atoms with Crippen molar-refractivity contribution >= 4 is 11.7 Å². The average molecular weight is 256 g/mol. The summed E-state index contributed by atoms with van der Waals surface area (Å²) < 4.78 is 0. The van der Waals surface area contributed by atoms with Gasteiger partial charge in [-0.3, -0.25) is 15.1 Å². The number of carbonyl (C=O) groups is 1. The monoisotopic (exact) mass is 256 g/mol. The molecule has 5 nitrogen and oxygen atoms in total. The van der Waals surface area contributed by atoms with E-state index in [1.165, 1.54) is 0 Å². The molecule has 0 aromatic carbocycles. The number of guanidine groups is 1. The Labute approximate surface area is 111 Å². The number of rotatable bonds is 9. The summed E-state index contributed by atoms with van der Waals surface area (Å²) >= 11 is 0. The highest BCUT2D eigenvalue weighted by molar-refractivity contribution is 5.82. The summed E-state index contributed by atoms with van der Waals surface area (Å²) in [7, 11) is 0. The number of hydrogen-bond acceptors (Lipinski definition) is 3. The van der Waals surface area contributed by atoms with E-state index in [4.69, 9.17) is 11.1 Å². The highest BCUT2D eigenvalue weighted by Crippen LogP contribution is 2.04. The number of unbranched alkanes of at least 4 members (excludes halogenated alkanes) is 1. The van der Waals surface area contributed by atoms with Crippen LogP contribution < -0.4 is 11.1 Å². The van der Waals surface area contributed by atoms with Crippen molar-refractivity contribution in [2.45, 2.75) is 46.6 Å². The van der Waals surface area contributed by atoms with E-state index in [0.717, 1.165) is 25.9 Å². The van der Waals surface area contributed by atoms with Crippen molar-refractivity contribution < 1.29 is 4.79 Å². The maximum Gasteiger partial charge on any atom is 0.185 e. The van der Waals surface area contributed by atoms with E-state index in [0.29, 0.717) is 18.4 Å². The minimum Gasteiger partial charge on any atom is -0.370 e. The number of hydrogen-bond donors (Lipinski definition) is 3. The molecule has 0 aliphatic rings. The van der Waals surface area contributed by atoms with E-state index in [2.05, 4.69) is 24.1 Å². The molecule has 0 aliphatic carbocycles. The van der Waals surface area contributed by atoms with E-state index < -0.39 is 0 Å². The van der Waals surface area contributed by atoms with Crippen LogP contribution in [0.15, 0.2) is 0 Å². The molecule has 0 heterocycles. The lowest BCUT2D eigenvalue weighted by Crippen LogP contribution is -2.38. The fraction of sp³-hybridized carbons (Fsp3) is 0.846. The summed E-state index contributed by atoms with van der Waals surface area (Å²) in [6, 6.07) is 0.383. The molecule has 0 bridgehead atoms. The number of ketones is 1. The average Bonchev–Trinajstić information content (AvgIpc) is 2.25. The first-order valence-corrected chi connectivity index (χ1v) is 6.69. The molecule has 0 saturated heterocycles. The molecule has 0 aromatic heterocycles. The van der Waals surface area contributed by atoms with Crippen molar-refractivity contribution in [2.75, 3.05) is 19.6 Å². The summed E-state index contributed by atoms with van der Waals surface area (Å²) in [6.45, 7) is 10.3. The van der Waals surface area contributed by atoms with Crippen molar-refractivity contribution in [3.05, 3.63) is 0 Å². The van der Waals surface area contributed by atoms with Crippen LogP contribution in [-0.2, 0) is 4.79 Å². The molecule has 0 atom stereocenters. The first kappa shape index (κ1) is 16.9. The second-order valence-electron chi connectivity index (χ2n) is 5.23. The van der Waals surface area contributed by atoms with Gasteiger partial charge in [0, 0.05) is 18.5 Å². The van der Waals surface area contributed by atoms with Crippen LogP contribution in [0.4, 0.5) is 0 Å².